The highest BCUT2D eigenvalue weighted by atomic mass is 32.1. The Balaban J connectivity index is 2.06. The van der Waals surface area contributed by atoms with Gasteiger partial charge in [0.1, 0.15) is 10.6 Å². The minimum atomic E-state index is 0.733. The van der Waals surface area contributed by atoms with Crippen LogP contribution < -0.4 is 5.32 Å². The summed E-state index contributed by atoms with van der Waals surface area (Å²) in [6, 6.07) is 6.05. The number of unbranched alkanes of at least 4 members (excludes halogenated alkanes) is 1. The van der Waals surface area contributed by atoms with Crippen LogP contribution in [0.25, 0.3) is 21.6 Å². The van der Waals surface area contributed by atoms with Crippen LogP contribution >= 0.6 is 11.3 Å². The number of fused-ring (bicyclic) bond motifs is 1. The zero-order valence-electron chi connectivity index (χ0n) is 12.3. The van der Waals surface area contributed by atoms with Gasteiger partial charge in [-0.2, -0.15) is 0 Å². The number of hydrogen-bond acceptors (Lipinski definition) is 5. The zero-order chi connectivity index (χ0) is 14.7. The lowest BCUT2D eigenvalue weighted by molar-refractivity contribution is 0.832. The van der Waals surface area contributed by atoms with Crippen molar-refractivity contribution in [2.24, 2.45) is 0 Å². The second-order valence-electron chi connectivity index (χ2n) is 4.99. The highest BCUT2D eigenvalue weighted by Gasteiger charge is 2.11. The van der Waals surface area contributed by atoms with Gasteiger partial charge in [-0.3, -0.25) is 4.98 Å². The average molecular weight is 298 g/mol. The highest BCUT2D eigenvalue weighted by Crippen LogP contribution is 2.30. The molecule has 3 rings (SSSR count). The molecule has 0 fully saturated rings. The minimum absolute atomic E-state index is 0.733. The van der Waals surface area contributed by atoms with Crippen LogP contribution in [0, 0.1) is 6.92 Å². The third-order valence-electron chi connectivity index (χ3n) is 3.26. The van der Waals surface area contributed by atoms with E-state index in [4.69, 9.17) is 4.98 Å². The molecule has 3 heterocycles. The number of aryl methyl sites for hydroxylation is 1. The van der Waals surface area contributed by atoms with E-state index in [1.165, 1.54) is 11.3 Å². The molecule has 5 heteroatoms. The monoisotopic (exact) mass is 298 g/mol. The molecule has 0 saturated carbocycles. The Morgan fingerprint density at radius 1 is 1.29 bits per heavy atom. The van der Waals surface area contributed by atoms with Crippen molar-refractivity contribution in [1.29, 1.82) is 0 Å². The van der Waals surface area contributed by atoms with Gasteiger partial charge in [0.2, 0.25) is 0 Å². The van der Waals surface area contributed by atoms with Crippen molar-refractivity contribution in [3.8, 4) is 11.4 Å². The molecular weight excluding hydrogens is 280 g/mol. The summed E-state index contributed by atoms with van der Waals surface area (Å²) in [5.74, 6) is 1.66. The molecule has 4 nitrogen and oxygen atoms in total. The van der Waals surface area contributed by atoms with Gasteiger partial charge in [-0.05, 0) is 31.5 Å². The number of nitrogens with zero attached hydrogens (tertiary/aromatic N) is 3. The summed E-state index contributed by atoms with van der Waals surface area (Å²) in [5, 5.41) is 4.56. The number of pyridine rings is 1. The molecule has 3 aromatic heterocycles. The zero-order valence-corrected chi connectivity index (χ0v) is 13.1. The number of rotatable bonds is 5. The smallest absolute Gasteiger partial charge is 0.164 e. The maximum atomic E-state index is 4.70. The van der Waals surface area contributed by atoms with E-state index >= 15 is 0 Å². The topological polar surface area (TPSA) is 50.7 Å². The third kappa shape index (κ3) is 3.03. The predicted octanol–water partition coefficient (Wildman–Crippen LogP) is 4.27. The SMILES string of the molecule is CCCCNc1nc(-c2cccnc2)nc2sc(C)cc12. The van der Waals surface area contributed by atoms with Crippen molar-refractivity contribution in [1.82, 2.24) is 15.0 Å². The summed E-state index contributed by atoms with van der Waals surface area (Å²) in [4.78, 5) is 15.8. The Kier molecular flexibility index (Phi) is 4.10. The first-order valence-corrected chi connectivity index (χ1v) is 8.02. The molecule has 0 aliphatic rings. The number of aromatic nitrogens is 3. The fraction of sp³-hybridized carbons (Fsp3) is 0.312. The van der Waals surface area contributed by atoms with Crippen molar-refractivity contribution in [3.05, 3.63) is 35.5 Å². The van der Waals surface area contributed by atoms with Crippen molar-refractivity contribution in [3.63, 3.8) is 0 Å². The summed E-state index contributed by atoms with van der Waals surface area (Å²) < 4.78 is 0. The minimum Gasteiger partial charge on any atom is -0.369 e. The van der Waals surface area contributed by atoms with Crippen molar-refractivity contribution < 1.29 is 0 Å². The van der Waals surface area contributed by atoms with E-state index < -0.39 is 0 Å². The van der Waals surface area contributed by atoms with Gasteiger partial charge < -0.3 is 5.32 Å². The van der Waals surface area contributed by atoms with Crippen LogP contribution in [0.15, 0.2) is 30.6 Å². The van der Waals surface area contributed by atoms with Crippen LogP contribution in [-0.4, -0.2) is 21.5 Å². The van der Waals surface area contributed by atoms with E-state index in [1.54, 1.807) is 23.7 Å². The quantitative estimate of drug-likeness (QED) is 0.714. The molecule has 108 valence electrons. The molecule has 0 aliphatic carbocycles. The summed E-state index contributed by atoms with van der Waals surface area (Å²) in [6.45, 7) is 5.23. The van der Waals surface area contributed by atoms with Crippen molar-refractivity contribution in [2.75, 3.05) is 11.9 Å². The van der Waals surface area contributed by atoms with Crippen LogP contribution in [-0.2, 0) is 0 Å². The first kappa shape index (κ1) is 13.9. The summed E-state index contributed by atoms with van der Waals surface area (Å²) in [5.41, 5.74) is 0.948. The van der Waals surface area contributed by atoms with Gasteiger partial charge in [-0.25, -0.2) is 9.97 Å². The van der Waals surface area contributed by atoms with Gasteiger partial charge in [-0.1, -0.05) is 13.3 Å². The molecule has 3 aromatic rings. The number of anilines is 1. The normalized spacial score (nSPS) is 11.0. The second-order valence-corrected chi connectivity index (χ2v) is 6.23. The first-order valence-electron chi connectivity index (χ1n) is 7.20. The largest absolute Gasteiger partial charge is 0.369 e. The van der Waals surface area contributed by atoms with Crippen LogP contribution in [0.1, 0.15) is 24.6 Å². The molecule has 0 atom stereocenters. The Bertz CT molecular complexity index is 737. The fourth-order valence-electron chi connectivity index (χ4n) is 2.18. The van der Waals surface area contributed by atoms with Gasteiger partial charge in [0.15, 0.2) is 5.82 Å². The molecule has 21 heavy (non-hydrogen) atoms. The van der Waals surface area contributed by atoms with Crippen LogP contribution in [0.2, 0.25) is 0 Å². The Hall–Kier alpha value is -2.01. The maximum absolute atomic E-state index is 4.70. The molecule has 0 bridgehead atoms. The molecule has 0 aliphatic heterocycles. The Morgan fingerprint density at radius 2 is 2.19 bits per heavy atom. The fourth-order valence-corrected chi connectivity index (χ4v) is 3.06. The lowest BCUT2D eigenvalue weighted by Crippen LogP contribution is -2.04. The first-order chi connectivity index (χ1) is 10.3. The van der Waals surface area contributed by atoms with E-state index in [-0.39, 0.29) is 0 Å². The van der Waals surface area contributed by atoms with Crippen molar-refractivity contribution in [2.45, 2.75) is 26.7 Å². The van der Waals surface area contributed by atoms with Gasteiger partial charge in [0, 0.05) is 29.4 Å². The summed E-state index contributed by atoms with van der Waals surface area (Å²) in [6.07, 6.45) is 5.87. The highest BCUT2D eigenvalue weighted by molar-refractivity contribution is 7.18. The lowest BCUT2D eigenvalue weighted by Gasteiger charge is -2.08. The van der Waals surface area contributed by atoms with Gasteiger partial charge in [-0.15, -0.1) is 11.3 Å². The predicted molar refractivity (Wildman–Crippen MR) is 88.8 cm³/mol. The maximum Gasteiger partial charge on any atom is 0.164 e. The van der Waals surface area contributed by atoms with E-state index in [9.17, 15) is 0 Å². The summed E-state index contributed by atoms with van der Waals surface area (Å²) in [7, 11) is 0. The van der Waals surface area contributed by atoms with Crippen LogP contribution in [0.3, 0.4) is 0 Å². The molecule has 0 unspecified atom stereocenters. The van der Waals surface area contributed by atoms with E-state index in [0.29, 0.717) is 0 Å². The van der Waals surface area contributed by atoms with Gasteiger partial charge in [0.25, 0.3) is 0 Å². The number of nitrogens with one attached hydrogen (secondary N) is 1. The number of hydrogen-bond donors (Lipinski definition) is 1. The summed E-state index contributed by atoms with van der Waals surface area (Å²) >= 11 is 1.70. The second kappa shape index (κ2) is 6.18. The number of thiophene rings is 1. The lowest BCUT2D eigenvalue weighted by atomic mass is 10.2. The molecule has 0 spiro atoms. The van der Waals surface area contributed by atoms with Gasteiger partial charge >= 0.3 is 0 Å². The van der Waals surface area contributed by atoms with Crippen LogP contribution in [0.5, 0.6) is 0 Å². The molecule has 0 aromatic carbocycles. The van der Waals surface area contributed by atoms with Crippen molar-refractivity contribution >= 4 is 27.4 Å². The Morgan fingerprint density at radius 3 is 2.95 bits per heavy atom. The van der Waals surface area contributed by atoms with Crippen LogP contribution in [0.4, 0.5) is 5.82 Å². The van der Waals surface area contributed by atoms with Gasteiger partial charge in [0.05, 0.1) is 5.39 Å². The standard InChI is InChI=1S/C16H18N4S/c1-3-4-8-18-15-13-9-11(2)21-16(13)20-14(19-15)12-6-5-7-17-10-12/h5-7,9-10H,3-4,8H2,1-2H3,(H,18,19,20). The molecule has 0 saturated heterocycles. The molecule has 0 amide bonds. The molecule has 1 N–H and O–H groups in total. The Labute approximate surface area is 128 Å². The molecule has 0 radical (unpaired) electrons. The average Bonchev–Trinajstić information content (AvgIpc) is 2.88. The van der Waals surface area contributed by atoms with E-state index in [1.807, 2.05) is 12.1 Å². The van der Waals surface area contributed by atoms with E-state index in [0.717, 1.165) is 40.4 Å². The van der Waals surface area contributed by atoms with E-state index in [2.05, 4.69) is 35.2 Å². The third-order valence-corrected chi connectivity index (χ3v) is 4.20. The molecular formula is C16H18N4S.